The second-order valence-electron chi connectivity index (χ2n) is 7.67. The maximum absolute atomic E-state index is 12.8. The number of sulfonamides is 1. The highest BCUT2D eigenvalue weighted by molar-refractivity contribution is 7.92. The molecule has 1 aliphatic heterocycles. The van der Waals surface area contributed by atoms with Gasteiger partial charge in [-0.1, -0.05) is 44.2 Å². The fourth-order valence-corrected chi connectivity index (χ4v) is 4.30. The van der Waals surface area contributed by atoms with Gasteiger partial charge in [0.2, 0.25) is 15.9 Å². The number of hydrogen-bond donors (Lipinski definition) is 1. The summed E-state index contributed by atoms with van der Waals surface area (Å²) in [5, 5.41) is 4.00. The lowest BCUT2D eigenvalue weighted by molar-refractivity contribution is -0.118. The van der Waals surface area contributed by atoms with Gasteiger partial charge in [0, 0.05) is 48.8 Å². The van der Waals surface area contributed by atoms with Gasteiger partial charge >= 0.3 is 0 Å². The summed E-state index contributed by atoms with van der Waals surface area (Å²) in [7, 11) is -3.54. The van der Waals surface area contributed by atoms with Gasteiger partial charge < -0.3 is 10.2 Å². The van der Waals surface area contributed by atoms with Gasteiger partial charge in [-0.25, -0.2) is 8.42 Å². The molecular weight excluding hydrogens is 414 g/mol. The van der Waals surface area contributed by atoms with Crippen molar-refractivity contribution in [2.45, 2.75) is 13.8 Å². The van der Waals surface area contributed by atoms with Crippen LogP contribution in [0.2, 0.25) is 0 Å². The van der Waals surface area contributed by atoms with Crippen LogP contribution in [0.3, 0.4) is 0 Å². The zero-order chi connectivity index (χ0) is 22.4. The van der Waals surface area contributed by atoms with E-state index in [4.69, 9.17) is 0 Å². The predicted octanol–water partition coefficient (Wildman–Crippen LogP) is 3.04. The molecule has 2 aromatic rings. The van der Waals surface area contributed by atoms with Crippen molar-refractivity contribution in [3.8, 4) is 0 Å². The third-order valence-corrected chi connectivity index (χ3v) is 6.61. The molecule has 0 saturated carbocycles. The van der Waals surface area contributed by atoms with Crippen molar-refractivity contribution in [2.24, 2.45) is 5.92 Å². The number of carbonyl (C=O) groups excluding carboxylic acids is 2. The van der Waals surface area contributed by atoms with E-state index in [1.54, 1.807) is 35.2 Å². The lowest BCUT2D eigenvalue weighted by Crippen LogP contribution is -2.50. The largest absolute Gasteiger partial charge is 0.336 e. The number of rotatable bonds is 6. The van der Waals surface area contributed by atoms with Crippen LogP contribution in [0.15, 0.2) is 60.0 Å². The zero-order valence-corrected chi connectivity index (χ0v) is 18.5. The van der Waals surface area contributed by atoms with Crippen LogP contribution in [0.5, 0.6) is 0 Å². The minimum Gasteiger partial charge on any atom is -0.336 e. The van der Waals surface area contributed by atoms with E-state index in [0.717, 1.165) is 5.56 Å². The summed E-state index contributed by atoms with van der Waals surface area (Å²) in [4.78, 5) is 26.2. The Hall–Kier alpha value is -2.97. The van der Waals surface area contributed by atoms with Crippen LogP contribution < -0.4 is 5.32 Å². The van der Waals surface area contributed by atoms with Crippen LogP contribution >= 0.6 is 0 Å². The number of anilines is 1. The first-order valence-electron chi connectivity index (χ1n) is 10.2. The molecule has 1 aliphatic rings. The normalized spacial score (nSPS) is 15.4. The molecular formula is C23H27N3O4S. The summed E-state index contributed by atoms with van der Waals surface area (Å²) < 4.78 is 26.5. The smallest absolute Gasteiger partial charge is 0.253 e. The number of nitrogens with zero attached hydrogens (tertiary/aromatic N) is 2. The third-order valence-electron chi connectivity index (χ3n) is 5.04. The van der Waals surface area contributed by atoms with Gasteiger partial charge in [0.25, 0.3) is 5.91 Å². The van der Waals surface area contributed by atoms with Crippen LogP contribution in [-0.4, -0.2) is 55.6 Å². The molecule has 7 nitrogen and oxygen atoms in total. The van der Waals surface area contributed by atoms with Gasteiger partial charge in [0.15, 0.2) is 0 Å². The van der Waals surface area contributed by atoms with E-state index in [-0.39, 0.29) is 30.8 Å². The average Bonchev–Trinajstić information content (AvgIpc) is 2.78. The predicted molar refractivity (Wildman–Crippen MR) is 122 cm³/mol. The van der Waals surface area contributed by atoms with Gasteiger partial charge in [-0.2, -0.15) is 4.31 Å². The molecule has 0 unspecified atom stereocenters. The molecule has 0 aliphatic carbocycles. The quantitative estimate of drug-likeness (QED) is 0.747. The van der Waals surface area contributed by atoms with E-state index in [1.165, 1.54) is 9.71 Å². The van der Waals surface area contributed by atoms with E-state index in [0.29, 0.717) is 24.3 Å². The van der Waals surface area contributed by atoms with Gasteiger partial charge in [0.1, 0.15) is 0 Å². The molecule has 164 valence electrons. The lowest BCUT2D eigenvalue weighted by atomic mass is 10.1. The lowest BCUT2D eigenvalue weighted by Gasteiger charge is -2.33. The summed E-state index contributed by atoms with van der Waals surface area (Å²) in [5.74, 6) is -0.368. The SMILES string of the molecule is CC(C)C(=O)Nc1ccc(C(=O)N2CCN(S(=O)(=O)/C=C/c3ccccc3)CC2)cc1. The van der Waals surface area contributed by atoms with Crippen molar-refractivity contribution in [3.05, 3.63) is 71.1 Å². The fraction of sp³-hybridized carbons (Fsp3) is 0.304. The van der Waals surface area contributed by atoms with Crippen molar-refractivity contribution in [1.82, 2.24) is 9.21 Å². The first kappa shape index (κ1) is 22.7. The van der Waals surface area contributed by atoms with E-state index in [2.05, 4.69) is 5.32 Å². The van der Waals surface area contributed by atoms with E-state index >= 15 is 0 Å². The molecule has 3 rings (SSSR count). The van der Waals surface area contributed by atoms with Crippen LogP contribution in [0.1, 0.15) is 29.8 Å². The summed E-state index contributed by atoms with van der Waals surface area (Å²) >= 11 is 0. The summed E-state index contributed by atoms with van der Waals surface area (Å²) in [5.41, 5.74) is 1.95. The Bertz CT molecular complexity index is 1040. The van der Waals surface area contributed by atoms with Crippen molar-refractivity contribution >= 4 is 33.6 Å². The molecule has 0 radical (unpaired) electrons. The number of piperazine rings is 1. The Kier molecular flexibility index (Phi) is 7.25. The number of carbonyl (C=O) groups is 2. The maximum Gasteiger partial charge on any atom is 0.253 e. The molecule has 0 aromatic heterocycles. The monoisotopic (exact) mass is 441 g/mol. The molecule has 31 heavy (non-hydrogen) atoms. The summed E-state index contributed by atoms with van der Waals surface area (Å²) in [6.45, 7) is 4.76. The molecule has 8 heteroatoms. The molecule has 0 spiro atoms. The Morgan fingerprint density at radius 2 is 1.55 bits per heavy atom. The number of amides is 2. The highest BCUT2D eigenvalue weighted by Gasteiger charge is 2.27. The van der Waals surface area contributed by atoms with Gasteiger partial charge in [-0.05, 0) is 35.9 Å². The van der Waals surface area contributed by atoms with Crippen molar-refractivity contribution in [1.29, 1.82) is 0 Å². The van der Waals surface area contributed by atoms with Gasteiger partial charge in [0.05, 0.1) is 0 Å². The van der Waals surface area contributed by atoms with Gasteiger partial charge in [-0.3, -0.25) is 9.59 Å². The van der Waals surface area contributed by atoms with E-state index in [9.17, 15) is 18.0 Å². The van der Waals surface area contributed by atoms with Crippen LogP contribution in [-0.2, 0) is 14.8 Å². The van der Waals surface area contributed by atoms with Crippen molar-refractivity contribution in [3.63, 3.8) is 0 Å². The van der Waals surface area contributed by atoms with Crippen LogP contribution in [0.25, 0.3) is 6.08 Å². The van der Waals surface area contributed by atoms with E-state index in [1.807, 2.05) is 44.2 Å². The molecule has 0 atom stereocenters. The molecule has 1 heterocycles. The molecule has 2 aromatic carbocycles. The average molecular weight is 442 g/mol. The Labute approximate surface area is 183 Å². The van der Waals surface area contributed by atoms with Crippen molar-refractivity contribution < 1.29 is 18.0 Å². The molecule has 1 saturated heterocycles. The maximum atomic E-state index is 12.8. The highest BCUT2D eigenvalue weighted by atomic mass is 32.2. The van der Waals surface area contributed by atoms with E-state index < -0.39 is 10.0 Å². The Morgan fingerprint density at radius 3 is 2.13 bits per heavy atom. The molecule has 1 fully saturated rings. The number of hydrogen-bond acceptors (Lipinski definition) is 4. The second-order valence-corrected chi connectivity index (χ2v) is 9.49. The molecule has 2 amide bonds. The molecule has 0 bridgehead atoms. The zero-order valence-electron chi connectivity index (χ0n) is 17.7. The highest BCUT2D eigenvalue weighted by Crippen LogP contribution is 2.16. The standard InChI is InChI=1S/C23H27N3O4S/c1-18(2)22(27)24-21-10-8-20(9-11-21)23(28)25-13-15-26(16-14-25)31(29,30)17-12-19-6-4-3-5-7-19/h3-12,17-18H,13-16H2,1-2H3,(H,24,27)/b17-12+. The van der Waals surface area contributed by atoms with Gasteiger partial charge in [-0.15, -0.1) is 0 Å². The topological polar surface area (TPSA) is 86.8 Å². The minimum atomic E-state index is -3.54. The van der Waals surface area contributed by atoms with Crippen LogP contribution in [0, 0.1) is 5.92 Å². The number of nitrogens with one attached hydrogen (secondary N) is 1. The van der Waals surface area contributed by atoms with Crippen LogP contribution in [0.4, 0.5) is 5.69 Å². The third kappa shape index (κ3) is 6.02. The molecule has 1 N–H and O–H groups in total. The number of benzene rings is 2. The first-order chi connectivity index (χ1) is 14.8. The van der Waals surface area contributed by atoms with Crippen molar-refractivity contribution in [2.75, 3.05) is 31.5 Å². The summed E-state index contributed by atoms with van der Waals surface area (Å²) in [6, 6.07) is 16.0. The Balaban J connectivity index is 1.57. The first-order valence-corrected chi connectivity index (χ1v) is 11.7. The fourth-order valence-electron chi connectivity index (χ4n) is 3.13. The minimum absolute atomic E-state index is 0.0854. The second kappa shape index (κ2) is 9.89. The Morgan fingerprint density at radius 1 is 0.935 bits per heavy atom. The summed E-state index contributed by atoms with van der Waals surface area (Å²) in [6.07, 6.45) is 1.58.